The molecule has 3 atom stereocenters. The Morgan fingerprint density at radius 2 is 1.82 bits per heavy atom. The fourth-order valence-corrected chi connectivity index (χ4v) is 5.34. The lowest BCUT2D eigenvalue weighted by Gasteiger charge is -2.08. The molecule has 2 aromatic rings. The van der Waals surface area contributed by atoms with Gasteiger partial charge in [0.1, 0.15) is 5.82 Å². The molecule has 0 aliphatic heterocycles. The van der Waals surface area contributed by atoms with E-state index in [4.69, 9.17) is 5.73 Å². The monoisotopic (exact) mass is 321 g/mol. The van der Waals surface area contributed by atoms with E-state index >= 15 is 0 Å². The van der Waals surface area contributed by atoms with Gasteiger partial charge >= 0.3 is 0 Å². The molecule has 0 saturated heterocycles. The molecule has 1 aliphatic carbocycles. The first-order valence-electron chi connectivity index (χ1n) is 6.85. The van der Waals surface area contributed by atoms with Crippen LogP contribution in [0.25, 0.3) is 0 Å². The second-order valence-electron chi connectivity index (χ2n) is 5.58. The summed E-state index contributed by atoms with van der Waals surface area (Å²) in [6.45, 7) is -0.481. The summed E-state index contributed by atoms with van der Waals surface area (Å²) in [4.78, 5) is 0.155. The minimum atomic E-state index is -3.70. The molecule has 1 saturated carbocycles. The Kier molecular flexibility index (Phi) is 3.55. The normalized spacial score (nSPS) is 27.6. The second-order valence-corrected chi connectivity index (χ2v) is 7.65. The zero-order chi connectivity index (χ0) is 16.0. The van der Waals surface area contributed by atoms with Crippen LogP contribution in [0.1, 0.15) is 11.5 Å². The molecule has 6 heteroatoms. The van der Waals surface area contributed by atoms with Crippen LogP contribution >= 0.6 is 0 Å². The van der Waals surface area contributed by atoms with E-state index in [-0.39, 0.29) is 4.90 Å². The van der Waals surface area contributed by atoms with Crippen LogP contribution in [0.5, 0.6) is 0 Å². The van der Waals surface area contributed by atoms with E-state index in [9.17, 15) is 17.9 Å². The standard InChI is InChI=1S/C16H16FNO3S/c17-12-6-4-5-11(9-12)14-15(16(14,18)10-19)22(20,21)13-7-2-1-3-8-13/h1-9,14-15,19H,10,18H2/t14-,15+,16+/m0/s1. The van der Waals surface area contributed by atoms with Crippen LogP contribution in [0.3, 0.4) is 0 Å². The van der Waals surface area contributed by atoms with E-state index in [0.717, 1.165) is 0 Å². The Hall–Kier alpha value is -1.76. The van der Waals surface area contributed by atoms with Crippen molar-refractivity contribution in [3.05, 3.63) is 66.0 Å². The summed E-state index contributed by atoms with van der Waals surface area (Å²) in [5, 5.41) is 8.60. The minimum absolute atomic E-state index is 0.155. The summed E-state index contributed by atoms with van der Waals surface area (Å²) in [5.74, 6) is -1.08. The summed E-state index contributed by atoms with van der Waals surface area (Å²) in [5.41, 5.74) is 5.29. The van der Waals surface area contributed by atoms with Crippen molar-refractivity contribution < 1.29 is 17.9 Å². The Bertz CT molecular complexity index is 794. The van der Waals surface area contributed by atoms with Gasteiger partial charge in [-0.05, 0) is 29.8 Å². The predicted molar refractivity (Wildman–Crippen MR) is 80.6 cm³/mol. The molecular formula is C16H16FNO3S. The van der Waals surface area contributed by atoms with Crippen molar-refractivity contribution in [2.75, 3.05) is 6.61 Å². The zero-order valence-corrected chi connectivity index (χ0v) is 12.5. The molecule has 0 amide bonds. The Labute approximate surface area is 128 Å². The highest BCUT2D eigenvalue weighted by Crippen LogP contribution is 2.55. The van der Waals surface area contributed by atoms with Gasteiger partial charge in [-0.1, -0.05) is 30.3 Å². The van der Waals surface area contributed by atoms with Crippen LogP contribution in [0.15, 0.2) is 59.5 Å². The van der Waals surface area contributed by atoms with Crippen LogP contribution in [0, 0.1) is 5.82 Å². The number of sulfone groups is 1. The van der Waals surface area contributed by atoms with Crippen molar-refractivity contribution in [3.8, 4) is 0 Å². The van der Waals surface area contributed by atoms with E-state index in [1.165, 1.54) is 30.3 Å². The van der Waals surface area contributed by atoms with E-state index in [2.05, 4.69) is 0 Å². The maximum Gasteiger partial charge on any atom is 0.183 e. The predicted octanol–water partition coefficient (Wildman–Crippen LogP) is 1.46. The molecule has 0 unspecified atom stereocenters. The number of aliphatic hydroxyl groups excluding tert-OH is 1. The van der Waals surface area contributed by atoms with Gasteiger partial charge in [-0.25, -0.2) is 12.8 Å². The highest BCUT2D eigenvalue weighted by Gasteiger charge is 2.69. The maximum atomic E-state index is 13.4. The molecule has 22 heavy (non-hydrogen) atoms. The van der Waals surface area contributed by atoms with E-state index in [1.807, 2.05) is 0 Å². The molecule has 116 valence electrons. The quantitative estimate of drug-likeness (QED) is 0.893. The molecule has 0 bridgehead atoms. The first-order chi connectivity index (χ1) is 10.4. The minimum Gasteiger partial charge on any atom is -0.394 e. The SMILES string of the molecule is N[C@@]1(CO)[C@H](S(=O)(=O)c2ccccc2)[C@@H]1c1cccc(F)c1. The Morgan fingerprint density at radius 1 is 1.14 bits per heavy atom. The molecule has 3 rings (SSSR count). The van der Waals surface area contributed by atoms with Gasteiger partial charge in [0.2, 0.25) is 0 Å². The largest absolute Gasteiger partial charge is 0.394 e. The second kappa shape index (κ2) is 5.15. The van der Waals surface area contributed by atoms with Gasteiger partial charge in [0.15, 0.2) is 9.84 Å². The van der Waals surface area contributed by atoms with Gasteiger partial charge in [-0.2, -0.15) is 0 Å². The van der Waals surface area contributed by atoms with Crippen molar-refractivity contribution in [1.29, 1.82) is 0 Å². The molecule has 0 radical (unpaired) electrons. The third-order valence-corrected chi connectivity index (χ3v) is 6.50. The van der Waals surface area contributed by atoms with E-state index in [1.54, 1.807) is 24.3 Å². The highest BCUT2D eigenvalue weighted by molar-refractivity contribution is 7.92. The third-order valence-electron chi connectivity index (χ3n) is 4.19. The van der Waals surface area contributed by atoms with Crippen LogP contribution in [-0.4, -0.2) is 30.9 Å². The lowest BCUT2D eigenvalue weighted by molar-refractivity contribution is 0.253. The number of nitrogens with two attached hydrogens (primary N) is 1. The van der Waals surface area contributed by atoms with Gasteiger partial charge in [-0.3, -0.25) is 0 Å². The van der Waals surface area contributed by atoms with Gasteiger partial charge < -0.3 is 10.8 Å². The van der Waals surface area contributed by atoms with E-state index < -0.39 is 39.0 Å². The number of hydrogen-bond donors (Lipinski definition) is 2. The molecular weight excluding hydrogens is 305 g/mol. The zero-order valence-electron chi connectivity index (χ0n) is 11.7. The van der Waals surface area contributed by atoms with Crippen LogP contribution in [-0.2, 0) is 9.84 Å². The smallest absolute Gasteiger partial charge is 0.183 e. The van der Waals surface area contributed by atoms with Crippen LogP contribution in [0.4, 0.5) is 4.39 Å². The Morgan fingerprint density at radius 3 is 2.41 bits per heavy atom. The number of hydrogen-bond acceptors (Lipinski definition) is 4. The molecule has 1 aliphatic rings. The number of benzene rings is 2. The fraction of sp³-hybridized carbons (Fsp3) is 0.250. The number of aliphatic hydroxyl groups is 1. The fourth-order valence-electron chi connectivity index (χ4n) is 3.02. The summed E-state index contributed by atoms with van der Waals surface area (Å²) in [6.07, 6.45) is 0. The van der Waals surface area contributed by atoms with Gasteiger partial charge in [-0.15, -0.1) is 0 Å². The van der Waals surface area contributed by atoms with Crippen LogP contribution in [0.2, 0.25) is 0 Å². The Balaban J connectivity index is 2.04. The third kappa shape index (κ3) is 2.24. The topological polar surface area (TPSA) is 80.4 Å². The molecule has 3 N–H and O–H groups in total. The van der Waals surface area contributed by atoms with Gasteiger partial charge in [0, 0.05) is 5.92 Å². The molecule has 4 nitrogen and oxygen atoms in total. The van der Waals surface area contributed by atoms with Crippen LogP contribution < -0.4 is 5.73 Å². The summed E-state index contributed by atoms with van der Waals surface area (Å²) >= 11 is 0. The average molecular weight is 321 g/mol. The molecule has 0 heterocycles. The van der Waals surface area contributed by atoms with Crippen molar-refractivity contribution in [2.45, 2.75) is 21.6 Å². The van der Waals surface area contributed by atoms with Crippen molar-refractivity contribution in [2.24, 2.45) is 5.73 Å². The first-order valence-corrected chi connectivity index (χ1v) is 8.40. The average Bonchev–Trinajstić information content (AvgIpc) is 3.16. The maximum absolute atomic E-state index is 13.4. The number of rotatable bonds is 4. The molecule has 0 spiro atoms. The van der Waals surface area contributed by atoms with Crippen molar-refractivity contribution in [1.82, 2.24) is 0 Å². The number of halogens is 1. The van der Waals surface area contributed by atoms with E-state index in [0.29, 0.717) is 5.56 Å². The van der Waals surface area contributed by atoms with Gasteiger partial charge in [0.25, 0.3) is 0 Å². The summed E-state index contributed by atoms with van der Waals surface area (Å²) in [7, 11) is -3.70. The summed E-state index contributed by atoms with van der Waals surface area (Å²) < 4.78 is 38.9. The van der Waals surface area contributed by atoms with Gasteiger partial charge in [0.05, 0.1) is 22.3 Å². The molecule has 1 fully saturated rings. The first kappa shape index (κ1) is 15.1. The highest BCUT2D eigenvalue weighted by atomic mass is 32.2. The lowest BCUT2D eigenvalue weighted by atomic mass is 10.1. The molecule has 0 aromatic heterocycles. The molecule has 2 aromatic carbocycles. The lowest BCUT2D eigenvalue weighted by Crippen LogP contribution is -2.35. The van der Waals surface area contributed by atoms with Crippen molar-refractivity contribution in [3.63, 3.8) is 0 Å². The summed E-state index contributed by atoms with van der Waals surface area (Å²) in [6, 6.07) is 13.7. The van der Waals surface area contributed by atoms with Crippen molar-refractivity contribution >= 4 is 9.84 Å².